The van der Waals surface area contributed by atoms with E-state index in [1.54, 1.807) is 6.07 Å². The predicted octanol–water partition coefficient (Wildman–Crippen LogP) is 2.89. The zero-order valence-electron chi connectivity index (χ0n) is 10.7. The van der Waals surface area contributed by atoms with E-state index in [0.717, 1.165) is 25.1 Å². The van der Waals surface area contributed by atoms with Gasteiger partial charge in [0.1, 0.15) is 5.82 Å². The van der Waals surface area contributed by atoms with Crippen LogP contribution >= 0.6 is 0 Å². The molecule has 1 unspecified atom stereocenters. The largest absolute Gasteiger partial charge is 0.369 e. The number of nitrogens with two attached hydrogens (primary N) is 1. The Bertz CT molecular complexity index is 582. The molecule has 2 N–H and O–H groups in total. The molecule has 0 saturated carbocycles. The van der Waals surface area contributed by atoms with E-state index in [4.69, 9.17) is 5.73 Å². The third-order valence-electron chi connectivity index (χ3n) is 3.68. The summed E-state index contributed by atoms with van der Waals surface area (Å²) in [5, 5.41) is 0. The van der Waals surface area contributed by atoms with Gasteiger partial charge in [0, 0.05) is 24.8 Å². The van der Waals surface area contributed by atoms with Gasteiger partial charge in [-0.15, -0.1) is 0 Å². The highest BCUT2D eigenvalue weighted by molar-refractivity contribution is 5.58. The Morgan fingerprint density at radius 3 is 2.84 bits per heavy atom. The summed E-state index contributed by atoms with van der Waals surface area (Å²) >= 11 is 0. The molecule has 0 radical (unpaired) electrons. The van der Waals surface area contributed by atoms with Gasteiger partial charge in [0.05, 0.1) is 0 Å². The third kappa shape index (κ3) is 2.47. The topological polar surface area (TPSA) is 29.3 Å². The minimum absolute atomic E-state index is 0.165. The molecule has 1 atom stereocenters. The van der Waals surface area contributed by atoms with Gasteiger partial charge < -0.3 is 10.6 Å². The zero-order valence-corrected chi connectivity index (χ0v) is 10.7. The van der Waals surface area contributed by atoms with Gasteiger partial charge in [0.15, 0.2) is 0 Å². The van der Waals surface area contributed by atoms with Crippen LogP contribution in [0.25, 0.3) is 0 Å². The van der Waals surface area contributed by atoms with Gasteiger partial charge in [-0.2, -0.15) is 0 Å². The standard InChI is InChI=1S/C16H17FN2/c17-14-6-3-5-13(10-14)15(18)11-19-9-8-12-4-1-2-7-16(12)19/h1-7,10,15H,8-9,11,18H2. The average molecular weight is 256 g/mol. The summed E-state index contributed by atoms with van der Waals surface area (Å²) in [4.78, 5) is 2.28. The Morgan fingerprint density at radius 1 is 1.16 bits per heavy atom. The highest BCUT2D eigenvalue weighted by Gasteiger charge is 2.20. The molecule has 98 valence electrons. The number of benzene rings is 2. The lowest BCUT2D eigenvalue weighted by Crippen LogP contribution is -2.30. The zero-order chi connectivity index (χ0) is 13.2. The second-order valence-corrected chi connectivity index (χ2v) is 4.99. The Morgan fingerprint density at radius 2 is 2.00 bits per heavy atom. The van der Waals surface area contributed by atoms with E-state index in [2.05, 4.69) is 23.1 Å². The molecule has 1 aliphatic heterocycles. The smallest absolute Gasteiger partial charge is 0.123 e. The summed E-state index contributed by atoms with van der Waals surface area (Å²) in [7, 11) is 0. The molecule has 2 aromatic rings. The molecule has 0 spiro atoms. The summed E-state index contributed by atoms with van der Waals surface area (Å²) in [5.74, 6) is -0.227. The van der Waals surface area contributed by atoms with Crippen LogP contribution in [0.3, 0.4) is 0 Å². The number of rotatable bonds is 3. The van der Waals surface area contributed by atoms with E-state index in [0.29, 0.717) is 0 Å². The first-order valence-corrected chi connectivity index (χ1v) is 6.58. The highest BCUT2D eigenvalue weighted by atomic mass is 19.1. The number of fused-ring (bicyclic) bond motifs is 1. The van der Waals surface area contributed by atoms with Crippen LogP contribution in [-0.4, -0.2) is 13.1 Å². The molecule has 0 aromatic heterocycles. The monoisotopic (exact) mass is 256 g/mol. The molecule has 0 bridgehead atoms. The summed E-state index contributed by atoms with van der Waals surface area (Å²) in [5.41, 5.74) is 9.67. The van der Waals surface area contributed by atoms with Crippen LogP contribution < -0.4 is 10.6 Å². The molecule has 1 aliphatic rings. The number of hydrogen-bond acceptors (Lipinski definition) is 2. The summed E-state index contributed by atoms with van der Waals surface area (Å²) in [6.07, 6.45) is 1.06. The number of para-hydroxylation sites is 1. The molecular formula is C16H17FN2. The fourth-order valence-electron chi connectivity index (χ4n) is 2.68. The number of halogens is 1. The Hall–Kier alpha value is -1.87. The molecule has 0 saturated heterocycles. The fourth-order valence-corrected chi connectivity index (χ4v) is 2.68. The second kappa shape index (κ2) is 5.02. The van der Waals surface area contributed by atoms with Crippen molar-refractivity contribution >= 4 is 5.69 Å². The molecule has 0 amide bonds. The van der Waals surface area contributed by atoms with Gasteiger partial charge in [0.25, 0.3) is 0 Å². The van der Waals surface area contributed by atoms with Crippen molar-refractivity contribution in [2.24, 2.45) is 5.73 Å². The van der Waals surface area contributed by atoms with Gasteiger partial charge in [-0.25, -0.2) is 4.39 Å². The van der Waals surface area contributed by atoms with Crippen molar-refractivity contribution in [1.82, 2.24) is 0 Å². The first-order valence-electron chi connectivity index (χ1n) is 6.58. The average Bonchev–Trinajstić information content (AvgIpc) is 2.82. The maximum Gasteiger partial charge on any atom is 0.123 e. The first kappa shape index (κ1) is 12.2. The minimum atomic E-state index is -0.227. The lowest BCUT2D eigenvalue weighted by molar-refractivity contribution is 0.616. The first-order chi connectivity index (χ1) is 9.24. The van der Waals surface area contributed by atoms with Crippen LogP contribution in [0.1, 0.15) is 17.2 Å². The van der Waals surface area contributed by atoms with Gasteiger partial charge in [-0.1, -0.05) is 30.3 Å². The van der Waals surface area contributed by atoms with Crippen LogP contribution in [0.15, 0.2) is 48.5 Å². The van der Waals surface area contributed by atoms with Gasteiger partial charge in [0.2, 0.25) is 0 Å². The molecule has 3 heteroatoms. The van der Waals surface area contributed by atoms with E-state index in [1.165, 1.54) is 23.4 Å². The minimum Gasteiger partial charge on any atom is -0.369 e. The van der Waals surface area contributed by atoms with Crippen LogP contribution in [-0.2, 0) is 6.42 Å². The van der Waals surface area contributed by atoms with E-state index >= 15 is 0 Å². The number of anilines is 1. The Balaban J connectivity index is 1.76. The van der Waals surface area contributed by atoms with Crippen molar-refractivity contribution in [3.63, 3.8) is 0 Å². The fraction of sp³-hybridized carbons (Fsp3) is 0.250. The molecule has 2 aromatic carbocycles. The highest BCUT2D eigenvalue weighted by Crippen LogP contribution is 2.28. The van der Waals surface area contributed by atoms with Crippen molar-refractivity contribution in [1.29, 1.82) is 0 Å². The van der Waals surface area contributed by atoms with E-state index < -0.39 is 0 Å². The molecule has 3 rings (SSSR count). The maximum atomic E-state index is 13.2. The summed E-state index contributed by atoms with van der Waals surface area (Å²) in [6, 6.07) is 14.8. The molecule has 1 heterocycles. The van der Waals surface area contributed by atoms with Gasteiger partial charge in [-0.3, -0.25) is 0 Å². The number of hydrogen-bond donors (Lipinski definition) is 1. The second-order valence-electron chi connectivity index (χ2n) is 4.99. The predicted molar refractivity (Wildman–Crippen MR) is 75.7 cm³/mol. The van der Waals surface area contributed by atoms with Crippen molar-refractivity contribution in [3.05, 3.63) is 65.5 Å². The number of nitrogens with zero attached hydrogens (tertiary/aromatic N) is 1. The van der Waals surface area contributed by atoms with Crippen LogP contribution in [0, 0.1) is 5.82 Å². The third-order valence-corrected chi connectivity index (χ3v) is 3.68. The van der Waals surface area contributed by atoms with E-state index in [-0.39, 0.29) is 11.9 Å². The van der Waals surface area contributed by atoms with Crippen molar-refractivity contribution in [2.45, 2.75) is 12.5 Å². The summed E-state index contributed by atoms with van der Waals surface area (Å²) < 4.78 is 13.2. The maximum absolute atomic E-state index is 13.2. The molecule has 0 fully saturated rings. The lowest BCUT2D eigenvalue weighted by Gasteiger charge is -2.23. The molecule has 2 nitrogen and oxygen atoms in total. The van der Waals surface area contributed by atoms with E-state index in [1.807, 2.05) is 12.1 Å². The Labute approximate surface area is 112 Å². The van der Waals surface area contributed by atoms with Crippen LogP contribution in [0.5, 0.6) is 0 Å². The van der Waals surface area contributed by atoms with Gasteiger partial charge in [-0.05, 0) is 35.7 Å². The molecule has 0 aliphatic carbocycles. The SMILES string of the molecule is NC(CN1CCc2ccccc21)c1cccc(F)c1. The normalized spacial score (nSPS) is 15.4. The lowest BCUT2D eigenvalue weighted by atomic mass is 10.1. The van der Waals surface area contributed by atoms with Crippen molar-refractivity contribution in [2.75, 3.05) is 18.0 Å². The molecule has 19 heavy (non-hydrogen) atoms. The van der Waals surface area contributed by atoms with Crippen LogP contribution in [0.4, 0.5) is 10.1 Å². The quantitative estimate of drug-likeness (QED) is 0.915. The van der Waals surface area contributed by atoms with Crippen molar-refractivity contribution < 1.29 is 4.39 Å². The molecular weight excluding hydrogens is 239 g/mol. The van der Waals surface area contributed by atoms with Gasteiger partial charge >= 0.3 is 0 Å². The van der Waals surface area contributed by atoms with Crippen molar-refractivity contribution in [3.8, 4) is 0 Å². The Kier molecular flexibility index (Phi) is 3.22. The van der Waals surface area contributed by atoms with Crippen LogP contribution in [0.2, 0.25) is 0 Å². The summed E-state index contributed by atoms with van der Waals surface area (Å²) in [6.45, 7) is 1.71. The van der Waals surface area contributed by atoms with E-state index in [9.17, 15) is 4.39 Å².